The van der Waals surface area contributed by atoms with Gasteiger partial charge in [-0.2, -0.15) is 4.31 Å². The van der Waals surface area contributed by atoms with Crippen molar-refractivity contribution in [3.05, 3.63) is 46.4 Å². The van der Waals surface area contributed by atoms with Gasteiger partial charge in [-0.15, -0.1) is 0 Å². The number of benzene rings is 2. The van der Waals surface area contributed by atoms with Gasteiger partial charge in [-0.3, -0.25) is 0 Å². The first-order chi connectivity index (χ1) is 19.0. The van der Waals surface area contributed by atoms with Crippen LogP contribution < -0.4 is 19.5 Å². The van der Waals surface area contributed by atoms with Crippen LogP contribution in [0.25, 0.3) is 0 Å². The smallest absolute Gasteiger partial charge is 0.246 e. The van der Waals surface area contributed by atoms with E-state index in [9.17, 15) is 21.9 Å². The largest absolute Gasteiger partial charge is 0.492 e. The first kappa shape index (κ1) is 29.7. The molecular formula is C26H34BrN3O8S2. The number of ether oxygens (including phenoxy) is 3. The molecule has 2 aromatic rings. The molecule has 3 aliphatic heterocycles. The standard InChI is InChI=1S/C26H34BrN3O8S2/c1-28-39(32,33)23-4-2-3-22(13-23)37-17-21(31)15-29-20-14-26(38-16-20)6-8-30(9-7-26)40(34,35)24-12-19(27)11-18-5-10-36-25(18)24/h2-4,11-13,20-21,28-29,31H,5-10,14-17H2,1H3. The molecule has 0 amide bonds. The zero-order valence-electron chi connectivity index (χ0n) is 22.1. The molecular weight excluding hydrogens is 626 g/mol. The van der Waals surface area contributed by atoms with Crippen molar-refractivity contribution in [3.63, 3.8) is 0 Å². The Morgan fingerprint density at radius 2 is 1.98 bits per heavy atom. The molecule has 0 bridgehead atoms. The van der Waals surface area contributed by atoms with Crippen molar-refractivity contribution >= 4 is 36.0 Å². The van der Waals surface area contributed by atoms with Crippen molar-refractivity contribution in [1.82, 2.24) is 14.3 Å². The minimum Gasteiger partial charge on any atom is -0.492 e. The fourth-order valence-electron chi connectivity index (χ4n) is 5.43. The summed E-state index contributed by atoms with van der Waals surface area (Å²) in [5.74, 6) is 0.808. The van der Waals surface area contributed by atoms with Crippen LogP contribution in [0.3, 0.4) is 0 Å². The zero-order valence-corrected chi connectivity index (χ0v) is 25.4. The van der Waals surface area contributed by atoms with E-state index in [-0.39, 0.29) is 29.0 Å². The summed E-state index contributed by atoms with van der Waals surface area (Å²) in [5, 5.41) is 13.7. The molecule has 3 heterocycles. The summed E-state index contributed by atoms with van der Waals surface area (Å²) in [6.45, 7) is 1.92. The maximum absolute atomic E-state index is 13.5. The second-order valence-corrected chi connectivity index (χ2v) is 15.1. The molecule has 40 heavy (non-hydrogen) atoms. The van der Waals surface area contributed by atoms with Gasteiger partial charge in [-0.05, 0) is 50.6 Å². The van der Waals surface area contributed by atoms with Crippen molar-refractivity contribution in [3.8, 4) is 11.5 Å². The number of aliphatic hydroxyl groups excluding tert-OH is 1. The highest BCUT2D eigenvalue weighted by molar-refractivity contribution is 9.10. The highest BCUT2D eigenvalue weighted by Gasteiger charge is 2.45. The van der Waals surface area contributed by atoms with Gasteiger partial charge >= 0.3 is 0 Å². The molecule has 3 N–H and O–H groups in total. The van der Waals surface area contributed by atoms with Crippen LogP contribution >= 0.6 is 15.9 Å². The molecule has 2 saturated heterocycles. The lowest BCUT2D eigenvalue weighted by molar-refractivity contribution is -0.0312. The fourth-order valence-corrected chi connectivity index (χ4v) is 8.49. The fraction of sp³-hybridized carbons (Fsp3) is 0.538. The molecule has 2 fully saturated rings. The highest BCUT2D eigenvalue weighted by Crippen LogP contribution is 2.41. The molecule has 2 aromatic carbocycles. The van der Waals surface area contributed by atoms with E-state index in [1.165, 1.54) is 23.5 Å². The van der Waals surface area contributed by atoms with E-state index < -0.39 is 31.8 Å². The summed E-state index contributed by atoms with van der Waals surface area (Å²) in [5.41, 5.74) is 0.498. The summed E-state index contributed by atoms with van der Waals surface area (Å²) in [4.78, 5) is 0.296. The number of nitrogens with one attached hydrogen (secondary N) is 2. The monoisotopic (exact) mass is 659 g/mol. The second-order valence-electron chi connectivity index (χ2n) is 10.3. The number of aliphatic hydroxyl groups is 1. The third kappa shape index (κ3) is 6.33. The van der Waals surface area contributed by atoms with E-state index in [2.05, 4.69) is 26.0 Å². The van der Waals surface area contributed by atoms with E-state index in [0.29, 0.717) is 63.5 Å². The van der Waals surface area contributed by atoms with Crippen molar-refractivity contribution in [1.29, 1.82) is 0 Å². The third-order valence-corrected chi connectivity index (χ3v) is 11.4. The highest BCUT2D eigenvalue weighted by atomic mass is 79.9. The van der Waals surface area contributed by atoms with Gasteiger partial charge in [-0.1, -0.05) is 22.0 Å². The van der Waals surface area contributed by atoms with Gasteiger partial charge in [0.15, 0.2) is 0 Å². The number of piperidine rings is 1. The zero-order chi connectivity index (χ0) is 28.5. The molecule has 3 aliphatic rings. The van der Waals surface area contributed by atoms with Gasteiger partial charge in [0.1, 0.15) is 29.1 Å². The Bertz CT molecular complexity index is 1450. The van der Waals surface area contributed by atoms with Crippen LogP contribution in [-0.4, -0.2) is 90.5 Å². The molecule has 0 aliphatic carbocycles. The molecule has 220 valence electrons. The van der Waals surface area contributed by atoms with E-state index in [1.54, 1.807) is 18.2 Å². The van der Waals surface area contributed by atoms with E-state index in [4.69, 9.17) is 14.2 Å². The quantitative estimate of drug-likeness (QED) is 0.347. The molecule has 5 rings (SSSR count). The molecule has 2 atom stereocenters. The van der Waals surface area contributed by atoms with Gasteiger partial charge in [0.25, 0.3) is 0 Å². The maximum Gasteiger partial charge on any atom is 0.246 e. The lowest BCUT2D eigenvalue weighted by Crippen LogP contribution is -2.47. The first-order valence-corrected chi connectivity index (χ1v) is 16.9. The predicted molar refractivity (Wildman–Crippen MR) is 151 cm³/mol. The van der Waals surface area contributed by atoms with E-state index >= 15 is 0 Å². The van der Waals surface area contributed by atoms with Gasteiger partial charge in [0, 0.05) is 48.2 Å². The second kappa shape index (κ2) is 11.8. The Morgan fingerprint density at radius 1 is 1.20 bits per heavy atom. The summed E-state index contributed by atoms with van der Waals surface area (Å²) in [6.07, 6.45) is 1.76. The Hall–Kier alpha value is -1.78. The lowest BCUT2D eigenvalue weighted by Gasteiger charge is -2.38. The molecule has 14 heteroatoms. The lowest BCUT2D eigenvalue weighted by atomic mass is 9.88. The summed E-state index contributed by atoms with van der Waals surface area (Å²) < 4.78 is 72.9. The average Bonchev–Trinajstić information content (AvgIpc) is 3.57. The number of hydrogen-bond donors (Lipinski definition) is 3. The maximum atomic E-state index is 13.5. The van der Waals surface area contributed by atoms with Gasteiger partial charge in [0.05, 0.1) is 23.7 Å². The number of halogens is 1. The normalized spacial score (nSPS) is 21.7. The van der Waals surface area contributed by atoms with Crippen molar-refractivity contribution in [2.45, 2.75) is 53.2 Å². The Balaban J connectivity index is 1.10. The van der Waals surface area contributed by atoms with Crippen LogP contribution in [0.15, 0.2) is 50.7 Å². The molecule has 11 nitrogen and oxygen atoms in total. The average molecular weight is 661 g/mol. The molecule has 1 spiro atoms. The van der Waals surface area contributed by atoms with Gasteiger partial charge < -0.3 is 24.6 Å². The first-order valence-electron chi connectivity index (χ1n) is 13.2. The van der Waals surface area contributed by atoms with E-state index in [1.807, 2.05) is 6.07 Å². The Kier molecular flexibility index (Phi) is 8.79. The molecule has 0 radical (unpaired) electrons. The van der Waals surface area contributed by atoms with Crippen LogP contribution in [0.5, 0.6) is 11.5 Å². The van der Waals surface area contributed by atoms with Crippen LogP contribution in [0, 0.1) is 0 Å². The Morgan fingerprint density at radius 3 is 2.73 bits per heavy atom. The minimum absolute atomic E-state index is 0.00931. The summed E-state index contributed by atoms with van der Waals surface area (Å²) in [7, 11) is -5.96. The molecule has 0 aromatic heterocycles. The van der Waals surface area contributed by atoms with Crippen molar-refractivity contribution < 1.29 is 36.2 Å². The summed E-state index contributed by atoms with van der Waals surface area (Å²) >= 11 is 3.43. The third-order valence-electron chi connectivity index (χ3n) is 7.64. The topological polar surface area (TPSA) is 144 Å². The van der Waals surface area contributed by atoms with Crippen LogP contribution in [-0.2, 0) is 31.2 Å². The molecule has 2 unspecified atom stereocenters. The SMILES string of the molecule is CNS(=O)(=O)c1cccc(OCC(O)CNC2COC3(CCN(S(=O)(=O)c4cc(Br)cc5c4OCC5)CC3)C2)c1. The number of hydrogen-bond acceptors (Lipinski definition) is 9. The van der Waals surface area contributed by atoms with Gasteiger partial charge in [-0.25, -0.2) is 21.6 Å². The number of rotatable bonds is 10. The van der Waals surface area contributed by atoms with E-state index in [0.717, 1.165) is 10.0 Å². The number of nitrogens with zero attached hydrogens (tertiary/aromatic N) is 1. The summed E-state index contributed by atoms with van der Waals surface area (Å²) in [6, 6.07) is 9.62. The number of fused-ring (bicyclic) bond motifs is 1. The molecule has 0 saturated carbocycles. The van der Waals surface area contributed by atoms with Crippen molar-refractivity contribution in [2.75, 3.05) is 46.5 Å². The van der Waals surface area contributed by atoms with Crippen LogP contribution in [0.2, 0.25) is 0 Å². The number of sulfonamides is 2. The Labute approximate surface area is 243 Å². The predicted octanol–water partition coefficient (Wildman–Crippen LogP) is 1.63. The van der Waals surface area contributed by atoms with Crippen LogP contribution in [0.1, 0.15) is 24.8 Å². The minimum atomic E-state index is -3.71. The van der Waals surface area contributed by atoms with Crippen LogP contribution in [0.4, 0.5) is 0 Å². The van der Waals surface area contributed by atoms with Gasteiger partial charge in [0.2, 0.25) is 20.0 Å². The van der Waals surface area contributed by atoms with Crippen molar-refractivity contribution in [2.24, 2.45) is 0 Å².